The summed E-state index contributed by atoms with van der Waals surface area (Å²) in [5.74, 6) is 1.30. The molecule has 0 spiro atoms. The average Bonchev–Trinajstić information content (AvgIpc) is 3.18. The van der Waals surface area contributed by atoms with Crippen molar-refractivity contribution in [2.75, 3.05) is 11.9 Å². The fraction of sp³-hybridized carbons (Fsp3) is 0.160. The van der Waals surface area contributed by atoms with Crippen molar-refractivity contribution in [3.63, 3.8) is 0 Å². The quantitative estimate of drug-likeness (QED) is 0.341. The molecule has 3 aromatic carbocycles. The van der Waals surface area contributed by atoms with Gasteiger partial charge in [-0.05, 0) is 55.0 Å². The number of ether oxygens (including phenoxy) is 2. The Hall–Kier alpha value is -3.58. The van der Waals surface area contributed by atoms with E-state index < -0.39 is 12.7 Å². The van der Waals surface area contributed by atoms with E-state index in [1.807, 2.05) is 60.0 Å². The normalized spacial score (nSPS) is 15.2. The van der Waals surface area contributed by atoms with Crippen LogP contribution in [0, 0.1) is 0 Å². The Morgan fingerprint density at radius 1 is 1.06 bits per heavy atom. The van der Waals surface area contributed by atoms with Crippen molar-refractivity contribution in [1.29, 1.82) is 0 Å². The van der Waals surface area contributed by atoms with Crippen molar-refractivity contribution in [3.05, 3.63) is 89.0 Å². The minimum Gasteiger partial charge on any atom is -0.492 e. The fourth-order valence-electron chi connectivity index (χ4n) is 4.08. The number of nitrogens with zero attached hydrogens (tertiary/aromatic N) is 2. The van der Waals surface area contributed by atoms with Gasteiger partial charge in [0.25, 0.3) is 0 Å². The van der Waals surface area contributed by atoms with Gasteiger partial charge in [-0.25, -0.2) is 4.98 Å². The van der Waals surface area contributed by atoms with E-state index in [-0.39, 0.29) is 5.75 Å². The molecule has 2 heterocycles. The molecular formula is C25H20ClF2N3O2. The fourth-order valence-corrected chi connectivity index (χ4v) is 4.31. The highest BCUT2D eigenvalue weighted by Crippen LogP contribution is 2.41. The summed E-state index contributed by atoms with van der Waals surface area (Å²) < 4.78 is 38.7. The number of benzene rings is 3. The summed E-state index contributed by atoms with van der Waals surface area (Å²) >= 11 is 6.42. The minimum atomic E-state index is -2.93. The van der Waals surface area contributed by atoms with Crippen LogP contribution in [0.4, 0.5) is 14.7 Å². The zero-order valence-electron chi connectivity index (χ0n) is 17.6. The number of para-hydroxylation sites is 3. The molecule has 4 aromatic rings. The maximum atomic E-state index is 13.1. The lowest BCUT2D eigenvalue weighted by atomic mass is 10.00. The van der Waals surface area contributed by atoms with Gasteiger partial charge in [0.2, 0.25) is 5.95 Å². The summed E-state index contributed by atoms with van der Waals surface area (Å²) in [4.78, 5) is 4.73. The van der Waals surface area contributed by atoms with Gasteiger partial charge in [-0.3, -0.25) is 4.57 Å². The van der Waals surface area contributed by atoms with Crippen LogP contribution in [-0.2, 0) is 0 Å². The van der Waals surface area contributed by atoms with Crippen LogP contribution in [0.1, 0.15) is 24.1 Å². The van der Waals surface area contributed by atoms with Crippen molar-refractivity contribution in [3.8, 4) is 11.5 Å². The third-order valence-electron chi connectivity index (χ3n) is 5.44. The number of imidazole rings is 1. The van der Waals surface area contributed by atoms with Gasteiger partial charge in [0.1, 0.15) is 11.5 Å². The summed E-state index contributed by atoms with van der Waals surface area (Å²) in [6.45, 7) is -0.531. The average molecular weight is 468 g/mol. The monoisotopic (exact) mass is 467 g/mol. The predicted octanol–water partition coefficient (Wildman–Crippen LogP) is 6.75. The van der Waals surface area contributed by atoms with Crippen LogP contribution in [0.5, 0.6) is 11.5 Å². The predicted molar refractivity (Wildman–Crippen MR) is 125 cm³/mol. The molecule has 5 nitrogen and oxygen atoms in total. The van der Waals surface area contributed by atoms with E-state index in [9.17, 15) is 8.78 Å². The molecule has 168 valence electrons. The standard InChI is InChI=1S/C25H20ClF2N3O2/c1-2-32-23-12-11-15(13-17(23)26)19-14-21(16-7-3-6-10-22(16)33-24(27)28)31-20-9-5-4-8-18(20)29-25(31)30-19/h3-14,21,24H,2H2,1H3,(H,29,30). The molecule has 0 radical (unpaired) electrons. The molecule has 1 N–H and O–H groups in total. The van der Waals surface area contributed by atoms with E-state index in [1.165, 1.54) is 0 Å². The number of alkyl halides is 2. The maximum Gasteiger partial charge on any atom is 0.387 e. The first-order valence-electron chi connectivity index (χ1n) is 10.5. The molecule has 0 bridgehead atoms. The Bertz CT molecular complexity index is 1350. The highest BCUT2D eigenvalue weighted by molar-refractivity contribution is 6.32. The molecule has 0 fully saturated rings. The molecule has 0 aliphatic carbocycles. The van der Waals surface area contributed by atoms with Crippen LogP contribution in [0.25, 0.3) is 16.7 Å². The highest BCUT2D eigenvalue weighted by Gasteiger charge is 2.28. The number of fused-ring (bicyclic) bond motifs is 3. The topological polar surface area (TPSA) is 48.3 Å². The van der Waals surface area contributed by atoms with Crippen LogP contribution in [0.15, 0.2) is 72.8 Å². The van der Waals surface area contributed by atoms with Crippen LogP contribution in [0.3, 0.4) is 0 Å². The number of nitrogens with one attached hydrogen (secondary N) is 1. The molecular weight excluding hydrogens is 448 g/mol. The number of hydrogen-bond acceptors (Lipinski definition) is 4. The van der Waals surface area contributed by atoms with E-state index in [0.29, 0.717) is 28.9 Å². The molecule has 1 aliphatic heterocycles. The van der Waals surface area contributed by atoms with Crippen LogP contribution >= 0.6 is 11.6 Å². The second kappa shape index (κ2) is 8.75. The largest absolute Gasteiger partial charge is 0.492 e. The first-order valence-corrected chi connectivity index (χ1v) is 10.8. The molecule has 5 rings (SSSR count). The SMILES string of the molecule is CCOc1ccc(C2=CC(c3ccccc3OC(F)F)n3c(nc4ccccc43)N2)cc1Cl. The maximum absolute atomic E-state index is 13.1. The number of halogens is 3. The lowest BCUT2D eigenvalue weighted by Gasteiger charge is -2.28. The van der Waals surface area contributed by atoms with E-state index >= 15 is 0 Å². The number of anilines is 1. The second-order valence-electron chi connectivity index (χ2n) is 7.44. The first kappa shape index (κ1) is 21.3. The molecule has 1 unspecified atom stereocenters. The lowest BCUT2D eigenvalue weighted by molar-refractivity contribution is -0.0505. The van der Waals surface area contributed by atoms with E-state index in [4.69, 9.17) is 26.1 Å². The van der Waals surface area contributed by atoms with Crippen LogP contribution in [0.2, 0.25) is 5.02 Å². The van der Waals surface area contributed by atoms with Gasteiger partial charge in [-0.1, -0.05) is 41.9 Å². The van der Waals surface area contributed by atoms with Gasteiger partial charge in [-0.15, -0.1) is 0 Å². The van der Waals surface area contributed by atoms with Crippen molar-refractivity contribution in [2.45, 2.75) is 19.6 Å². The van der Waals surface area contributed by atoms with E-state index in [2.05, 4.69) is 5.32 Å². The van der Waals surface area contributed by atoms with Crippen LogP contribution in [-0.4, -0.2) is 22.8 Å². The summed E-state index contributed by atoms with van der Waals surface area (Å²) in [7, 11) is 0. The summed E-state index contributed by atoms with van der Waals surface area (Å²) in [6.07, 6.45) is 1.96. The lowest BCUT2D eigenvalue weighted by Crippen LogP contribution is -2.20. The number of aromatic nitrogens is 2. The molecule has 33 heavy (non-hydrogen) atoms. The Balaban J connectivity index is 1.67. The van der Waals surface area contributed by atoms with Crippen molar-refractivity contribution in [1.82, 2.24) is 9.55 Å². The zero-order chi connectivity index (χ0) is 22.9. The summed E-state index contributed by atoms with van der Waals surface area (Å²) in [5, 5.41) is 3.85. The van der Waals surface area contributed by atoms with Gasteiger partial charge in [0.05, 0.1) is 28.7 Å². The third kappa shape index (κ3) is 4.00. The molecule has 1 aliphatic rings. The number of hydrogen-bond donors (Lipinski definition) is 1. The summed E-state index contributed by atoms with van der Waals surface area (Å²) in [6, 6.07) is 19.6. The van der Waals surface area contributed by atoms with Gasteiger partial charge in [0, 0.05) is 11.3 Å². The van der Waals surface area contributed by atoms with Crippen molar-refractivity contribution >= 4 is 34.3 Å². The molecule has 1 atom stereocenters. The minimum absolute atomic E-state index is 0.114. The number of allylic oxidation sites excluding steroid dienone is 1. The molecule has 0 amide bonds. The molecule has 1 aromatic heterocycles. The second-order valence-corrected chi connectivity index (χ2v) is 7.85. The van der Waals surface area contributed by atoms with Crippen molar-refractivity contribution < 1.29 is 18.3 Å². The van der Waals surface area contributed by atoms with E-state index in [1.54, 1.807) is 24.3 Å². The summed E-state index contributed by atoms with van der Waals surface area (Å²) in [5.41, 5.74) is 3.82. The van der Waals surface area contributed by atoms with Gasteiger partial charge in [0.15, 0.2) is 0 Å². The van der Waals surface area contributed by atoms with Crippen molar-refractivity contribution in [2.24, 2.45) is 0 Å². The van der Waals surface area contributed by atoms with Gasteiger partial charge < -0.3 is 14.8 Å². The Labute approximate surface area is 194 Å². The molecule has 8 heteroatoms. The number of rotatable bonds is 6. The van der Waals surface area contributed by atoms with E-state index in [0.717, 1.165) is 22.3 Å². The Kier molecular flexibility index (Phi) is 5.64. The smallest absolute Gasteiger partial charge is 0.387 e. The van der Waals surface area contributed by atoms with Gasteiger partial charge >= 0.3 is 6.61 Å². The first-order chi connectivity index (χ1) is 16.0. The molecule has 0 saturated heterocycles. The Morgan fingerprint density at radius 3 is 2.64 bits per heavy atom. The van der Waals surface area contributed by atoms with Crippen LogP contribution < -0.4 is 14.8 Å². The third-order valence-corrected chi connectivity index (χ3v) is 5.74. The van der Waals surface area contributed by atoms with Gasteiger partial charge in [-0.2, -0.15) is 8.78 Å². The Morgan fingerprint density at radius 2 is 1.85 bits per heavy atom. The highest BCUT2D eigenvalue weighted by atomic mass is 35.5. The molecule has 0 saturated carbocycles. The zero-order valence-corrected chi connectivity index (χ0v) is 18.4.